The van der Waals surface area contributed by atoms with E-state index >= 15 is 0 Å². The molecule has 1 unspecified atom stereocenters. The molecule has 0 bridgehead atoms. The first kappa shape index (κ1) is 26.0. The highest BCUT2D eigenvalue weighted by Gasteiger charge is 2.31. The Labute approximate surface area is 207 Å². The highest BCUT2D eigenvalue weighted by molar-refractivity contribution is 8.00. The average Bonchev–Trinajstić information content (AvgIpc) is 2.86. The van der Waals surface area contributed by atoms with Crippen LogP contribution in [0.1, 0.15) is 40.8 Å². The molecule has 1 saturated heterocycles. The Hall–Kier alpha value is -3.64. The lowest BCUT2D eigenvalue weighted by Gasteiger charge is -2.35. The van der Waals surface area contributed by atoms with Crippen LogP contribution < -0.4 is 16.4 Å². The Morgan fingerprint density at radius 1 is 1.23 bits per heavy atom. The third-order valence-electron chi connectivity index (χ3n) is 5.67. The summed E-state index contributed by atoms with van der Waals surface area (Å²) in [7, 11) is 0. The molecule has 3 rings (SSSR count). The van der Waals surface area contributed by atoms with E-state index in [0.717, 1.165) is 11.8 Å². The molecule has 11 heteroatoms. The number of aliphatic hydroxyl groups is 1. The molecule has 2 amide bonds. The molecule has 1 aromatic carbocycles. The topological polar surface area (TPSA) is 179 Å². The number of hydrogen-bond acceptors (Lipinski definition) is 9. The first-order valence-electron chi connectivity index (χ1n) is 11.0. The molecule has 0 radical (unpaired) electrons. The van der Waals surface area contributed by atoms with E-state index in [0.29, 0.717) is 34.9 Å². The molecule has 0 saturated carbocycles. The van der Waals surface area contributed by atoms with Gasteiger partial charge in [0.1, 0.15) is 34.3 Å². The van der Waals surface area contributed by atoms with Gasteiger partial charge in [-0.15, -0.1) is 0 Å². The number of hydrogen-bond donors (Lipinski definition) is 3. The van der Waals surface area contributed by atoms with Crippen LogP contribution in [-0.2, 0) is 20.7 Å². The Morgan fingerprint density at radius 3 is 2.49 bits per heavy atom. The maximum atomic E-state index is 12.3. The van der Waals surface area contributed by atoms with Crippen molar-refractivity contribution < 1.29 is 19.4 Å². The van der Waals surface area contributed by atoms with Crippen molar-refractivity contribution in [1.82, 2.24) is 4.98 Å². The second kappa shape index (κ2) is 11.7. The zero-order valence-electron chi connectivity index (χ0n) is 19.2. The smallest absolute Gasteiger partial charge is 0.246 e. The fourth-order valence-electron chi connectivity index (χ4n) is 3.95. The zero-order valence-corrected chi connectivity index (χ0v) is 20.0. The predicted molar refractivity (Wildman–Crippen MR) is 129 cm³/mol. The van der Waals surface area contributed by atoms with Crippen molar-refractivity contribution in [3.8, 4) is 12.1 Å². The maximum absolute atomic E-state index is 12.3. The molecule has 1 fully saturated rings. The molecule has 0 aliphatic carbocycles. The van der Waals surface area contributed by atoms with E-state index < -0.39 is 29.3 Å². The van der Waals surface area contributed by atoms with Gasteiger partial charge in [0.2, 0.25) is 11.8 Å². The van der Waals surface area contributed by atoms with Gasteiger partial charge in [0, 0.05) is 19.5 Å². The van der Waals surface area contributed by atoms with Crippen LogP contribution in [0.5, 0.6) is 0 Å². The molecule has 182 valence electrons. The van der Waals surface area contributed by atoms with Crippen LogP contribution in [-0.4, -0.2) is 53.8 Å². The number of aliphatic hydroxyl groups excluding tert-OH is 1. The minimum atomic E-state index is -1.36. The number of anilines is 1. The number of carbonyl (C=O) groups excluding carboxylic acids is 2. The molecule has 35 heavy (non-hydrogen) atoms. The largest absolute Gasteiger partial charge is 0.383 e. The second-order valence-electron chi connectivity index (χ2n) is 7.95. The van der Waals surface area contributed by atoms with Crippen molar-refractivity contribution in [1.29, 1.82) is 10.5 Å². The summed E-state index contributed by atoms with van der Waals surface area (Å²) in [6, 6.07) is 13.3. The number of nitrogens with two attached hydrogens (primary N) is 2. The van der Waals surface area contributed by atoms with Crippen LogP contribution >= 0.6 is 11.8 Å². The van der Waals surface area contributed by atoms with Crippen LogP contribution in [0.3, 0.4) is 0 Å². The van der Waals surface area contributed by atoms with Gasteiger partial charge in [0.15, 0.2) is 0 Å². The summed E-state index contributed by atoms with van der Waals surface area (Å²) in [4.78, 5) is 30.1. The van der Waals surface area contributed by atoms with Gasteiger partial charge >= 0.3 is 0 Å². The van der Waals surface area contributed by atoms with E-state index in [2.05, 4.69) is 17.1 Å². The quantitative estimate of drug-likeness (QED) is 0.431. The highest BCUT2D eigenvalue weighted by Crippen LogP contribution is 2.39. The van der Waals surface area contributed by atoms with E-state index in [-0.39, 0.29) is 30.7 Å². The fourth-order valence-corrected chi connectivity index (χ4v) is 5.01. The summed E-state index contributed by atoms with van der Waals surface area (Å²) in [5.41, 5.74) is 12.6. The molecular formula is C24H26N6O4S. The van der Waals surface area contributed by atoms with Gasteiger partial charge in [0.25, 0.3) is 0 Å². The number of benzene rings is 1. The predicted octanol–water partition coefficient (Wildman–Crippen LogP) is 1.15. The number of amides is 2. The normalized spacial score (nSPS) is 17.1. The van der Waals surface area contributed by atoms with Crippen LogP contribution in [0.4, 0.5) is 5.82 Å². The Morgan fingerprint density at radius 2 is 1.91 bits per heavy atom. The molecule has 3 atom stereocenters. The van der Waals surface area contributed by atoms with Gasteiger partial charge in [-0.3, -0.25) is 9.59 Å². The number of nitriles is 2. The second-order valence-corrected chi connectivity index (χ2v) is 9.04. The standard InChI is InChI=1S/C24H26N6O4S/c1-2-16-17(11-25)23(30-8-9-34-15(13-30)10-19(31)21(27)32)29-24(18(16)12-26)35-20(22(28)33)14-6-4-3-5-7-14/h3-7,15,19-20,31H,2,8-10,13H2,1H3,(H2,27,32)(H2,28,33)/t15-,19?,20-/m1/s1. The Balaban J connectivity index is 2.05. The number of nitrogens with zero attached hydrogens (tertiary/aromatic N) is 4. The van der Waals surface area contributed by atoms with Gasteiger partial charge in [-0.2, -0.15) is 10.5 Å². The number of thioether (sulfide) groups is 1. The summed E-state index contributed by atoms with van der Waals surface area (Å²) in [5, 5.41) is 29.3. The van der Waals surface area contributed by atoms with E-state index in [1.165, 1.54) is 0 Å². The van der Waals surface area contributed by atoms with Gasteiger partial charge in [0.05, 0.1) is 23.8 Å². The highest BCUT2D eigenvalue weighted by atomic mass is 32.2. The molecule has 1 aliphatic heterocycles. The van der Waals surface area contributed by atoms with Crippen molar-refractivity contribution in [2.45, 2.75) is 42.2 Å². The third-order valence-corrected chi connectivity index (χ3v) is 6.93. The van der Waals surface area contributed by atoms with Crippen molar-refractivity contribution in [3.63, 3.8) is 0 Å². The van der Waals surface area contributed by atoms with Crippen molar-refractivity contribution in [2.75, 3.05) is 24.6 Å². The molecule has 5 N–H and O–H groups in total. The number of primary amides is 2. The van der Waals surface area contributed by atoms with E-state index in [1.54, 1.807) is 24.3 Å². The monoisotopic (exact) mass is 494 g/mol. The van der Waals surface area contributed by atoms with E-state index in [1.807, 2.05) is 17.9 Å². The van der Waals surface area contributed by atoms with Crippen LogP contribution in [0.15, 0.2) is 35.4 Å². The summed E-state index contributed by atoms with van der Waals surface area (Å²) in [6.07, 6.45) is -1.47. The lowest BCUT2D eigenvalue weighted by molar-refractivity contribution is -0.128. The van der Waals surface area contributed by atoms with Crippen LogP contribution in [0.2, 0.25) is 0 Å². The van der Waals surface area contributed by atoms with Gasteiger partial charge < -0.3 is 26.2 Å². The lowest BCUT2D eigenvalue weighted by atomic mass is 10.0. The minimum Gasteiger partial charge on any atom is -0.383 e. The van der Waals surface area contributed by atoms with Crippen LogP contribution in [0.25, 0.3) is 0 Å². The number of ether oxygens (including phenoxy) is 1. The number of morpholine rings is 1. The zero-order chi connectivity index (χ0) is 25.5. The Bertz CT molecular complexity index is 1180. The molecule has 0 spiro atoms. The first-order chi connectivity index (χ1) is 16.8. The van der Waals surface area contributed by atoms with Gasteiger partial charge in [-0.25, -0.2) is 4.98 Å². The van der Waals surface area contributed by atoms with Crippen molar-refractivity contribution >= 4 is 29.4 Å². The number of rotatable bonds is 9. The average molecular weight is 495 g/mol. The minimum absolute atomic E-state index is 0.00397. The summed E-state index contributed by atoms with van der Waals surface area (Å²) in [5.74, 6) is -1.07. The number of carbonyl (C=O) groups is 2. The summed E-state index contributed by atoms with van der Waals surface area (Å²) < 4.78 is 5.67. The molecule has 2 aromatic rings. The summed E-state index contributed by atoms with van der Waals surface area (Å²) >= 11 is 1.07. The number of aromatic nitrogens is 1. The Kier molecular flexibility index (Phi) is 8.66. The lowest BCUT2D eigenvalue weighted by Crippen LogP contribution is -2.46. The SMILES string of the molecule is CCc1c(C#N)c(S[C@@H](C(N)=O)c2ccccc2)nc(N2CCO[C@H](CC(O)C(N)=O)C2)c1C#N. The summed E-state index contributed by atoms with van der Waals surface area (Å²) in [6.45, 7) is 2.77. The molecule has 1 aromatic heterocycles. The third kappa shape index (κ3) is 5.89. The fraction of sp³-hybridized carbons (Fsp3) is 0.375. The van der Waals surface area contributed by atoms with Gasteiger partial charge in [-0.05, 0) is 17.5 Å². The molecule has 1 aliphatic rings. The van der Waals surface area contributed by atoms with Crippen molar-refractivity contribution in [3.05, 3.63) is 52.6 Å². The molecular weight excluding hydrogens is 468 g/mol. The molecule has 2 heterocycles. The van der Waals surface area contributed by atoms with E-state index in [4.69, 9.17) is 16.2 Å². The molecule has 10 nitrogen and oxygen atoms in total. The van der Waals surface area contributed by atoms with E-state index in [9.17, 15) is 25.2 Å². The van der Waals surface area contributed by atoms with Gasteiger partial charge in [-0.1, -0.05) is 49.0 Å². The van der Waals surface area contributed by atoms with Crippen molar-refractivity contribution in [2.24, 2.45) is 11.5 Å². The van der Waals surface area contributed by atoms with Crippen LogP contribution in [0, 0.1) is 22.7 Å². The number of pyridine rings is 1. The maximum Gasteiger partial charge on any atom is 0.246 e. The first-order valence-corrected chi connectivity index (χ1v) is 11.9.